The van der Waals surface area contributed by atoms with E-state index in [2.05, 4.69) is 62.0 Å². The smallest absolute Gasteiger partial charge is 0.233 e. The lowest BCUT2D eigenvalue weighted by Crippen LogP contribution is -2.44. The van der Waals surface area contributed by atoms with Gasteiger partial charge in [-0.25, -0.2) is 0 Å². The van der Waals surface area contributed by atoms with E-state index in [1.807, 2.05) is 0 Å². The maximum atomic E-state index is 11.6. The Kier molecular flexibility index (Phi) is 13.4. The van der Waals surface area contributed by atoms with Crippen LogP contribution in [0.2, 0.25) is 0 Å². The van der Waals surface area contributed by atoms with Crippen LogP contribution in [0.15, 0.2) is 0 Å². The van der Waals surface area contributed by atoms with Crippen LogP contribution in [-0.4, -0.2) is 73.6 Å². The van der Waals surface area contributed by atoms with Gasteiger partial charge in [0.15, 0.2) is 0 Å². The van der Waals surface area contributed by atoms with E-state index in [1.54, 1.807) is 0 Å². The minimum Gasteiger partial charge on any atom is -0.355 e. The van der Waals surface area contributed by atoms with Gasteiger partial charge in [0.2, 0.25) is 5.91 Å². The first-order chi connectivity index (χ1) is 10.9. The molecule has 0 saturated carbocycles. The van der Waals surface area contributed by atoms with E-state index in [9.17, 15) is 4.79 Å². The minimum absolute atomic E-state index is 0.103. The number of nitrogens with zero attached hydrogens (tertiary/aromatic N) is 2. The summed E-state index contributed by atoms with van der Waals surface area (Å²) in [6, 6.07) is 1.13. The van der Waals surface area contributed by atoms with E-state index in [1.165, 1.54) is 0 Å². The Labute approximate surface area is 144 Å². The molecule has 0 rings (SSSR count). The molecule has 23 heavy (non-hydrogen) atoms. The Balaban J connectivity index is 3.94. The third kappa shape index (κ3) is 11.5. The zero-order chi connectivity index (χ0) is 17.7. The molecule has 0 spiro atoms. The van der Waals surface area contributed by atoms with Crippen molar-refractivity contribution in [2.24, 2.45) is 0 Å². The van der Waals surface area contributed by atoms with E-state index in [0.29, 0.717) is 18.6 Å². The van der Waals surface area contributed by atoms with Crippen molar-refractivity contribution in [1.82, 2.24) is 20.4 Å². The zero-order valence-corrected chi connectivity index (χ0v) is 16.3. The highest BCUT2D eigenvalue weighted by Crippen LogP contribution is 2.01. The molecule has 138 valence electrons. The molecule has 0 aromatic rings. The summed E-state index contributed by atoms with van der Waals surface area (Å²) in [6.45, 7) is 19.7. The van der Waals surface area contributed by atoms with Crippen molar-refractivity contribution in [3.05, 3.63) is 0 Å². The summed E-state index contributed by atoms with van der Waals surface area (Å²) >= 11 is 0. The normalized spacial score (nSPS) is 11.9. The molecule has 0 bridgehead atoms. The average molecular weight is 329 g/mol. The minimum atomic E-state index is 0.103. The van der Waals surface area contributed by atoms with Gasteiger partial charge < -0.3 is 10.6 Å². The fourth-order valence-electron chi connectivity index (χ4n) is 2.56. The van der Waals surface area contributed by atoms with Crippen LogP contribution in [0.1, 0.15) is 54.4 Å². The molecule has 0 aliphatic heterocycles. The molecule has 0 aliphatic carbocycles. The molecule has 0 aromatic carbocycles. The Bertz CT molecular complexity index is 295. The van der Waals surface area contributed by atoms with Crippen LogP contribution in [0.25, 0.3) is 0 Å². The summed E-state index contributed by atoms with van der Waals surface area (Å²) in [5, 5.41) is 6.19. The molecule has 0 atom stereocenters. The summed E-state index contributed by atoms with van der Waals surface area (Å²) in [4.78, 5) is 16.6. The predicted octanol–water partition coefficient (Wildman–Crippen LogP) is 1.93. The fourth-order valence-corrected chi connectivity index (χ4v) is 2.56. The van der Waals surface area contributed by atoms with E-state index in [0.717, 1.165) is 52.1 Å². The van der Waals surface area contributed by atoms with Crippen LogP contribution < -0.4 is 10.6 Å². The van der Waals surface area contributed by atoms with Gasteiger partial charge in [-0.1, -0.05) is 20.3 Å². The third-order valence-electron chi connectivity index (χ3n) is 4.26. The lowest BCUT2D eigenvalue weighted by molar-refractivity contribution is -0.120. The van der Waals surface area contributed by atoms with Crippen molar-refractivity contribution in [1.29, 1.82) is 0 Å². The largest absolute Gasteiger partial charge is 0.355 e. The van der Waals surface area contributed by atoms with Crippen LogP contribution in [0, 0.1) is 0 Å². The van der Waals surface area contributed by atoms with Gasteiger partial charge in [0.05, 0.1) is 6.54 Å². The number of unbranched alkanes of at least 4 members (excludes halogenated alkanes) is 1. The molecule has 0 radical (unpaired) electrons. The quantitative estimate of drug-likeness (QED) is 0.478. The molecule has 0 saturated heterocycles. The first kappa shape index (κ1) is 22.4. The summed E-state index contributed by atoms with van der Waals surface area (Å²) in [5.41, 5.74) is 0. The summed E-state index contributed by atoms with van der Waals surface area (Å²) < 4.78 is 0. The lowest BCUT2D eigenvalue weighted by Gasteiger charge is -2.31. The molecule has 0 heterocycles. The van der Waals surface area contributed by atoms with Crippen LogP contribution >= 0.6 is 0 Å². The van der Waals surface area contributed by atoms with Gasteiger partial charge in [-0.2, -0.15) is 0 Å². The molecule has 0 fully saturated rings. The Morgan fingerprint density at radius 3 is 2.04 bits per heavy atom. The number of likely N-dealkylation sites (N-methyl/N-ethyl adjacent to an activating group) is 1. The standard InChI is InChI=1S/C18H40N4O/c1-7-9-10-20-18(23)15-19-11-12-22(17(5)6)14-13-21(8-2)16(3)4/h16-17,19H,7-15H2,1-6H3,(H,20,23). The highest BCUT2D eigenvalue weighted by molar-refractivity contribution is 5.77. The SMILES string of the molecule is CCCCNC(=O)CNCCN(CCN(CC)C(C)C)C(C)C. The average Bonchev–Trinajstić information content (AvgIpc) is 2.49. The van der Waals surface area contributed by atoms with Crippen molar-refractivity contribution in [2.45, 2.75) is 66.5 Å². The second-order valence-electron chi connectivity index (χ2n) is 6.73. The molecular formula is C18H40N4O. The van der Waals surface area contributed by atoms with Crippen molar-refractivity contribution in [2.75, 3.05) is 45.8 Å². The van der Waals surface area contributed by atoms with E-state index in [-0.39, 0.29) is 5.91 Å². The van der Waals surface area contributed by atoms with Crippen LogP contribution in [0.5, 0.6) is 0 Å². The lowest BCUT2D eigenvalue weighted by atomic mass is 10.2. The third-order valence-corrected chi connectivity index (χ3v) is 4.26. The number of nitrogens with one attached hydrogen (secondary N) is 2. The van der Waals surface area contributed by atoms with Gasteiger partial charge in [-0.3, -0.25) is 14.6 Å². The topological polar surface area (TPSA) is 47.6 Å². The van der Waals surface area contributed by atoms with Crippen molar-refractivity contribution in [3.63, 3.8) is 0 Å². The zero-order valence-electron chi connectivity index (χ0n) is 16.3. The Morgan fingerprint density at radius 1 is 0.913 bits per heavy atom. The van der Waals surface area contributed by atoms with Crippen molar-refractivity contribution >= 4 is 5.91 Å². The van der Waals surface area contributed by atoms with E-state index < -0.39 is 0 Å². The second-order valence-corrected chi connectivity index (χ2v) is 6.73. The van der Waals surface area contributed by atoms with Gasteiger partial charge in [0.25, 0.3) is 0 Å². The molecule has 5 heteroatoms. The number of carbonyl (C=O) groups is 1. The highest BCUT2D eigenvalue weighted by atomic mass is 16.1. The summed E-state index contributed by atoms with van der Waals surface area (Å²) in [7, 11) is 0. The molecule has 0 aliphatic rings. The Morgan fingerprint density at radius 2 is 1.52 bits per heavy atom. The number of hydrogen-bond acceptors (Lipinski definition) is 4. The molecular weight excluding hydrogens is 288 g/mol. The second kappa shape index (κ2) is 13.8. The van der Waals surface area contributed by atoms with Crippen LogP contribution in [0.3, 0.4) is 0 Å². The number of carbonyl (C=O) groups excluding carboxylic acids is 1. The van der Waals surface area contributed by atoms with Gasteiger partial charge in [-0.15, -0.1) is 0 Å². The van der Waals surface area contributed by atoms with Crippen LogP contribution in [0.4, 0.5) is 0 Å². The number of amides is 1. The fraction of sp³-hybridized carbons (Fsp3) is 0.944. The van der Waals surface area contributed by atoms with E-state index >= 15 is 0 Å². The van der Waals surface area contributed by atoms with Gasteiger partial charge in [-0.05, 0) is 40.7 Å². The van der Waals surface area contributed by atoms with Gasteiger partial charge in [0.1, 0.15) is 0 Å². The number of hydrogen-bond donors (Lipinski definition) is 2. The maximum Gasteiger partial charge on any atom is 0.233 e. The molecule has 5 nitrogen and oxygen atoms in total. The summed E-state index contributed by atoms with van der Waals surface area (Å²) in [5.74, 6) is 0.103. The highest BCUT2D eigenvalue weighted by Gasteiger charge is 2.13. The van der Waals surface area contributed by atoms with Gasteiger partial charge in [0, 0.05) is 44.8 Å². The maximum absolute atomic E-state index is 11.6. The first-order valence-corrected chi connectivity index (χ1v) is 9.37. The Hall–Kier alpha value is -0.650. The molecule has 1 amide bonds. The molecule has 0 aromatic heterocycles. The molecule has 0 unspecified atom stereocenters. The van der Waals surface area contributed by atoms with E-state index in [4.69, 9.17) is 0 Å². The number of rotatable bonds is 14. The summed E-state index contributed by atoms with van der Waals surface area (Å²) in [6.07, 6.45) is 2.17. The monoisotopic (exact) mass is 328 g/mol. The van der Waals surface area contributed by atoms with Crippen LogP contribution in [-0.2, 0) is 4.79 Å². The first-order valence-electron chi connectivity index (χ1n) is 9.37. The predicted molar refractivity (Wildman–Crippen MR) is 99.9 cm³/mol. The van der Waals surface area contributed by atoms with Gasteiger partial charge >= 0.3 is 0 Å². The van der Waals surface area contributed by atoms with Crippen molar-refractivity contribution < 1.29 is 4.79 Å². The molecule has 2 N–H and O–H groups in total. The van der Waals surface area contributed by atoms with Crippen molar-refractivity contribution in [3.8, 4) is 0 Å².